The molecule has 16 heavy (non-hydrogen) atoms. The van der Waals surface area contributed by atoms with Gasteiger partial charge in [0.25, 0.3) is 0 Å². The Morgan fingerprint density at radius 2 is 1.62 bits per heavy atom. The number of hydrogen-bond acceptors (Lipinski definition) is 4. The van der Waals surface area contributed by atoms with Gasteiger partial charge in [0.1, 0.15) is 11.6 Å². The maximum Gasteiger partial charge on any atom is 0.237 e. The lowest BCUT2D eigenvalue weighted by atomic mass is 10.1. The Balaban J connectivity index is 2.72. The summed E-state index contributed by atoms with van der Waals surface area (Å²) in [6.07, 6.45) is 0. The van der Waals surface area contributed by atoms with E-state index in [1.165, 1.54) is 0 Å². The van der Waals surface area contributed by atoms with E-state index in [-0.39, 0.29) is 0 Å². The van der Waals surface area contributed by atoms with E-state index in [2.05, 4.69) is 0 Å². The van der Waals surface area contributed by atoms with Gasteiger partial charge in [-0.05, 0) is 12.1 Å². The summed E-state index contributed by atoms with van der Waals surface area (Å²) in [6.45, 7) is 0. The molecule has 1 aromatic carbocycles. The summed E-state index contributed by atoms with van der Waals surface area (Å²) < 4.78 is 31.3. The molecule has 0 aliphatic rings. The van der Waals surface area contributed by atoms with Crippen molar-refractivity contribution < 1.29 is 23.4 Å². The van der Waals surface area contributed by atoms with Crippen molar-refractivity contribution in [2.45, 2.75) is 0 Å². The van der Waals surface area contributed by atoms with E-state index in [1.54, 1.807) is 0 Å². The van der Waals surface area contributed by atoms with Gasteiger partial charge in [0.05, 0.1) is 5.56 Å². The van der Waals surface area contributed by atoms with Crippen molar-refractivity contribution in [1.29, 1.82) is 0 Å². The Labute approximate surface area is 88.5 Å². The molecule has 0 bridgehead atoms. The molecule has 84 valence electrons. The number of aromatic hydroxyl groups is 2. The molecule has 0 saturated heterocycles. The first-order valence-electron chi connectivity index (χ1n) is 4.27. The van der Waals surface area contributed by atoms with Gasteiger partial charge in [0.15, 0.2) is 5.76 Å². The standard InChI is InChI=1S/C10H7F2NO3/c11-4-2-1-3-5(12)6(4)9-7(14)8(15)10(13)16-9/h1-3,14-15H,13H2. The second-order valence-electron chi connectivity index (χ2n) is 3.09. The molecule has 0 aliphatic heterocycles. The first kappa shape index (κ1) is 10.3. The Morgan fingerprint density at radius 1 is 1.06 bits per heavy atom. The number of nitrogens with two attached hydrogens (primary N) is 1. The van der Waals surface area contributed by atoms with Crippen molar-refractivity contribution in [2.24, 2.45) is 0 Å². The van der Waals surface area contributed by atoms with Gasteiger partial charge in [-0.15, -0.1) is 0 Å². The summed E-state index contributed by atoms with van der Waals surface area (Å²) in [5.74, 6) is -4.42. The van der Waals surface area contributed by atoms with Crippen LogP contribution in [-0.4, -0.2) is 10.2 Å². The van der Waals surface area contributed by atoms with E-state index in [0.717, 1.165) is 18.2 Å². The lowest BCUT2D eigenvalue weighted by Gasteiger charge is -2.01. The zero-order valence-corrected chi connectivity index (χ0v) is 7.87. The van der Waals surface area contributed by atoms with Crippen LogP contribution in [0, 0.1) is 11.6 Å². The maximum atomic E-state index is 13.3. The van der Waals surface area contributed by atoms with Gasteiger partial charge in [-0.25, -0.2) is 8.78 Å². The molecule has 0 saturated carbocycles. The number of halogens is 2. The van der Waals surface area contributed by atoms with Crippen LogP contribution in [0.3, 0.4) is 0 Å². The fourth-order valence-electron chi connectivity index (χ4n) is 1.32. The fraction of sp³-hybridized carbons (Fsp3) is 0. The summed E-state index contributed by atoms with van der Waals surface area (Å²) in [5.41, 5.74) is 4.58. The van der Waals surface area contributed by atoms with Crippen molar-refractivity contribution in [1.82, 2.24) is 0 Å². The third-order valence-electron chi connectivity index (χ3n) is 2.07. The molecule has 4 nitrogen and oxygen atoms in total. The minimum Gasteiger partial charge on any atom is -0.502 e. The molecule has 0 unspecified atom stereocenters. The Bertz CT molecular complexity index is 531. The topological polar surface area (TPSA) is 79.6 Å². The van der Waals surface area contributed by atoms with Gasteiger partial charge in [-0.1, -0.05) is 6.07 Å². The predicted molar refractivity (Wildman–Crippen MR) is 51.8 cm³/mol. The first-order valence-corrected chi connectivity index (χ1v) is 4.27. The molecule has 4 N–H and O–H groups in total. The maximum absolute atomic E-state index is 13.3. The second kappa shape index (κ2) is 3.41. The number of hydrogen-bond donors (Lipinski definition) is 3. The normalized spacial score (nSPS) is 10.6. The highest BCUT2D eigenvalue weighted by molar-refractivity contribution is 5.73. The molecular formula is C10H7F2NO3. The third kappa shape index (κ3) is 1.35. The van der Waals surface area contributed by atoms with E-state index in [9.17, 15) is 13.9 Å². The lowest BCUT2D eigenvalue weighted by Crippen LogP contribution is -1.88. The highest BCUT2D eigenvalue weighted by Gasteiger charge is 2.23. The van der Waals surface area contributed by atoms with E-state index in [4.69, 9.17) is 15.3 Å². The van der Waals surface area contributed by atoms with Crippen LogP contribution in [0.1, 0.15) is 0 Å². The van der Waals surface area contributed by atoms with Crippen molar-refractivity contribution in [2.75, 3.05) is 5.73 Å². The van der Waals surface area contributed by atoms with Gasteiger partial charge in [0.2, 0.25) is 17.4 Å². The minimum atomic E-state index is -0.927. The Morgan fingerprint density at radius 3 is 2.06 bits per heavy atom. The number of rotatable bonds is 1. The molecule has 0 radical (unpaired) electrons. The SMILES string of the molecule is Nc1oc(-c2c(F)cccc2F)c(O)c1O. The average Bonchev–Trinajstić information content (AvgIpc) is 2.47. The van der Waals surface area contributed by atoms with Gasteiger partial charge >= 0.3 is 0 Å². The zero-order chi connectivity index (χ0) is 11.9. The van der Waals surface area contributed by atoms with Gasteiger partial charge in [-0.3, -0.25) is 0 Å². The van der Waals surface area contributed by atoms with E-state index < -0.39 is 40.3 Å². The van der Waals surface area contributed by atoms with Crippen LogP contribution in [0.25, 0.3) is 11.3 Å². The van der Waals surface area contributed by atoms with Gasteiger partial charge < -0.3 is 20.4 Å². The third-order valence-corrected chi connectivity index (χ3v) is 2.07. The molecular weight excluding hydrogens is 220 g/mol. The van der Waals surface area contributed by atoms with Crippen LogP contribution >= 0.6 is 0 Å². The Hall–Kier alpha value is -2.24. The number of furan rings is 1. The average molecular weight is 227 g/mol. The van der Waals surface area contributed by atoms with E-state index in [0.29, 0.717) is 0 Å². The van der Waals surface area contributed by atoms with Crippen molar-refractivity contribution >= 4 is 5.88 Å². The molecule has 1 heterocycles. The first-order chi connectivity index (χ1) is 7.52. The molecule has 0 atom stereocenters. The second-order valence-corrected chi connectivity index (χ2v) is 3.09. The van der Waals surface area contributed by atoms with Crippen LogP contribution in [0.2, 0.25) is 0 Å². The molecule has 6 heteroatoms. The molecule has 0 fully saturated rings. The van der Waals surface area contributed by atoms with Gasteiger partial charge in [0, 0.05) is 0 Å². The van der Waals surface area contributed by atoms with Crippen molar-refractivity contribution in [3.63, 3.8) is 0 Å². The summed E-state index contributed by atoms with van der Waals surface area (Å²) in [4.78, 5) is 0. The predicted octanol–water partition coefficient (Wildman–Crippen LogP) is 2.22. The molecule has 1 aromatic heterocycles. The highest BCUT2D eigenvalue weighted by atomic mass is 19.1. The quantitative estimate of drug-likeness (QED) is 0.697. The number of anilines is 1. The lowest BCUT2D eigenvalue weighted by molar-refractivity contribution is 0.410. The smallest absolute Gasteiger partial charge is 0.237 e. The highest BCUT2D eigenvalue weighted by Crippen LogP contribution is 2.44. The summed E-state index contributed by atoms with van der Waals surface area (Å²) in [6, 6.07) is 3.15. The summed E-state index contributed by atoms with van der Waals surface area (Å²) in [5, 5.41) is 18.5. The van der Waals surface area contributed by atoms with Crippen LogP contribution in [0.5, 0.6) is 11.5 Å². The minimum absolute atomic E-state index is 0.504. The number of benzene rings is 1. The van der Waals surface area contributed by atoms with Crippen molar-refractivity contribution in [3.05, 3.63) is 29.8 Å². The van der Waals surface area contributed by atoms with Crippen LogP contribution in [-0.2, 0) is 0 Å². The van der Waals surface area contributed by atoms with E-state index in [1.807, 2.05) is 0 Å². The summed E-state index contributed by atoms with van der Waals surface area (Å²) >= 11 is 0. The molecule has 2 rings (SSSR count). The molecule has 0 aliphatic carbocycles. The zero-order valence-electron chi connectivity index (χ0n) is 7.87. The number of nitrogen functional groups attached to an aromatic ring is 1. The Kier molecular flexibility index (Phi) is 2.19. The van der Waals surface area contributed by atoms with Crippen LogP contribution in [0.15, 0.2) is 22.6 Å². The molecule has 2 aromatic rings. The van der Waals surface area contributed by atoms with Crippen LogP contribution < -0.4 is 5.73 Å². The summed E-state index contributed by atoms with van der Waals surface area (Å²) in [7, 11) is 0. The largest absolute Gasteiger partial charge is 0.502 e. The van der Waals surface area contributed by atoms with Gasteiger partial charge in [-0.2, -0.15) is 0 Å². The molecule has 0 spiro atoms. The van der Waals surface area contributed by atoms with Crippen LogP contribution in [0.4, 0.5) is 14.7 Å². The fourth-order valence-corrected chi connectivity index (χ4v) is 1.32. The monoisotopic (exact) mass is 227 g/mol. The molecule has 0 amide bonds. The van der Waals surface area contributed by atoms with E-state index >= 15 is 0 Å². The van der Waals surface area contributed by atoms with Crippen molar-refractivity contribution in [3.8, 4) is 22.8 Å².